The first-order valence-corrected chi connectivity index (χ1v) is 14.5. The largest absolute Gasteiger partial charge is 0.459 e. The first-order chi connectivity index (χ1) is 19.2. The Bertz CT molecular complexity index is 1500. The Balaban J connectivity index is 1.55. The van der Waals surface area contributed by atoms with Gasteiger partial charge in [0, 0.05) is 45.2 Å². The van der Waals surface area contributed by atoms with Gasteiger partial charge in [0.05, 0.1) is 18.9 Å². The number of fused-ring (bicyclic) bond motifs is 1. The lowest BCUT2D eigenvalue weighted by molar-refractivity contribution is -0.152. The third-order valence-corrected chi connectivity index (χ3v) is 7.56. The van der Waals surface area contributed by atoms with Crippen molar-refractivity contribution in [2.75, 3.05) is 42.1 Å². The molecule has 208 valence electrons. The molecule has 5 rings (SSSR count). The number of nitrogens with zero attached hydrogens (tertiary/aromatic N) is 4. The molecular weight excluding hydrogens is 567 g/mol. The van der Waals surface area contributed by atoms with Crippen LogP contribution in [0, 0.1) is 0 Å². The number of hydrogen-bond donors (Lipinski definition) is 0. The highest BCUT2D eigenvalue weighted by Gasteiger charge is 2.23. The Labute approximate surface area is 248 Å². The highest BCUT2D eigenvalue weighted by atomic mass is 35.5. The molecule has 0 bridgehead atoms. The van der Waals surface area contributed by atoms with E-state index in [1.807, 2.05) is 79.7 Å². The number of hydrogen-bond acceptors (Lipinski definition) is 8. The molecule has 1 aromatic heterocycles. The summed E-state index contributed by atoms with van der Waals surface area (Å²) in [5, 5.41) is 2.96. The van der Waals surface area contributed by atoms with Gasteiger partial charge in [0.15, 0.2) is 5.82 Å². The predicted molar refractivity (Wildman–Crippen MR) is 164 cm³/mol. The lowest BCUT2D eigenvalue weighted by atomic mass is 10.0. The number of aromatic nitrogens is 2. The van der Waals surface area contributed by atoms with Crippen LogP contribution in [0.2, 0.25) is 10.0 Å². The zero-order valence-corrected chi connectivity index (χ0v) is 24.9. The molecule has 10 heteroatoms. The van der Waals surface area contributed by atoms with Gasteiger partial charge in [0.25, 0.3) is 0 Å². The van der Waals surface area contributed by atoms with Crippen LogP contribution in [0.5, 0.6) is 0 Å². The monoisotopic (exact) mass is 596 g/mol. The topological polar surface area (TPSA) is 67.8 Å². The molecular formula is C30H30Cl2N4O3S. The molecule has 40 heavy (non-hydrogen) atoms. The van der Waals surface area contributed by atoms with E-state index in [0.717, 1.165) is 45.8 Å². The van der Waals surface area contributed by atoms with Gasteiger partial charge < -0.3 is 18.7 Å². The van der Waals surface area contributed by atoms with Gasteiger partial charge in [-0.25, -0.2) is 9.97 Å². The van der Waals surface area contributed by atoms with E-state index in [4.69, 9.17) is 37.7 Å². The predicted octanol–water partition coefficient (Wildman–Crippen LogP) is 7.30. The van der Waals surface area contributed by atoms with Crippen molar-refractivity contribution in [2.45, 2.75) is 31.3 Å². The highest BCUT2D eigenvalue weighted by molar-refractivity contribution is 8.00. The fraction of sp³-hybridized carbons (Fsp3) is 0.300. The SMILES string of the molecule is CC(C)(C)OC(=O)CN(Sc1cc(Cl)cc(Cl)c1)c1cccc2c(-c3nccc(N4CCOCC4)n3)cccc12. The molecule has 0 radical (unpaired) electrons. The molecule has 1 aliphatic rings. The van der Waals surface area contributed by atoms with Crippen molar-refractivity contribution >= 4 is 63.4 Å². The third-order valence-electron chi connectivity index (χ3n) is 6.13. The van der Waals surface area contributed by atoms with Gasteiger partial charge in [-0.3, -0.25) is 4.79 Å². The van der Waals surface area contributed by atoms with E-state index in [-0.39, 0.29) is 12.5 Å². The number of ether oxygens (including phenoxy) is 2. The van der Waals surface area contributed by atoms with E-state index >= 15 is 0 Å². The molecule has 0 saturated carbocycles. The molecule has 0 aliphatic carbocycles. The van der Waals surface area contributed by atoms with Gasteiger partial charge >= 0.3 is 5.97 Å². The first-order valence-electron chi connectivity index (χ1n) is 13.0. The summed E-state index contributed by atoms with van der Waals surface area (Å²) in [7, 11) is 0. The van der Waals surface area contributed by atoms with Crippen LogP contribution in [0.4, 0.5) is 11.5 Å². The van der Waals surface area contributed by atoms with E-state index in [0.29, 0.717) is 29.1 Å². The van der Waals surface area contributed by atoms with Gasteiger partial charge in [0.2, 0.25) is 0 Å². The number of rotatable bonds is 7. The standard InChI is InChI=1S/C30H30Cl2N4O3S/c1-30(2,3)39-28(37)19-36(40-22-17-20(31)16-21(32)18-22)26-9-5-6-23-24(26)7-4-8-25(23)29-33-11-10-27(34-29)35-12-14-38-15-13-35/h4-11,16-18H,12-15,19H2,1-3H3. The molecule has 4 aromatic rings. The van der Waals surface area contributed by atoms with Crippen LogP contribution in [0.25, 0.3) is 22.2 Å². The number of carbonyl (C=O) groups excluding carboxylic acids is 1. The van der Waals surface area contributed by atoms with Crippen molar-refractivity contribution < 1.29 is 14.3 Å². The van der Waals surface area contributed by atoms with Crippen LogP contribution in [0.15, 0.2) is 71.8 Å². The third kappa shape index (κ3) is 6.99. The Hall–Kier alpha value is -3.04. The van der Waals surface area contributed by atoms with Crippen LogP contribution in [-0.4, -0.2) is 54.4 Å². The maximum Gasteiger partial charge on any atom is 0.327 e. The zero-order chi connectivity index (χ0) is 28.3. The summed E-state index contributed by atoms with van der Waals surface area (Å²) < 4.78 is 13.1. The van der Waals surface area contributed by atoms with Gasteiger partial charge in [0.1, 0.15) is 18.0 Å². The van der Waals surface area contributed by atoms with E-state index in [1.165, 1.54) is 11.9 Å². The zero-order valence-electron chi connectivity index (χ0n) is 22.6. The summed E-state index contributed by atoms with van der Waals surface area (Å²) in [4.78, 5) is 25.5. The van der Waals surface area contributed by atoms with Crippen LogP contribution < -0.4 is 9.21 Å². The minimum atomic E-state index is -0.610. The Kier molecular flexibility index (Phi) is 8.71. The van der Waals surface area contributed by atoms with Crippen molar-refractivity contribution in [3.05, 3.63) is 76.9 Å². The maximum atomic E-state index is 13.0. The summed E-state index contributed by atoms with van der Waals surface area (Å²) in [6, 6.07) is 19.3. The summed E-state index contributed by atoms with van der Waals surface area (Å²) in [5.41, 5.74) is 1.14. The lowest BCUT2D eigenvalue weighted by Crippen LogP contribution is -2.36. The van der Waals surface area contributed by atoms with Gasteiger partial charge in [-0.1, -0.05) is 53.5 Å². The lowest BCUT2D eigenvalue weighted by Gasteiger charge is -2.28. The quantitative estimate of drug-likeness (QED) is 0.163. The summed E-state index contributed by atoms with van der Waals surface area (Å²) in [6.07, 6.45) is 1.80. The second-order valence-electron chi connectivity index (χ2n) is 10.3. The average molecular weight is 598 g/mol. The number of esters is 1. The molecule has 2 heterocycles. The summed E-state index contributed by atoms with van der Waals surface area (Å²) >= 11 is 14.0. The Morgan fingerprint density at radius 1 is 1.02 bits per heavy atom. The molecule has 0 spiro atoms. The Morgan fingerprint density at radius 3 is 2.45 bits per heavy atom. The average Bonchev–Trinajstić information content (AvgIpc) is 2.91. The second-order valence-corrected chi connectivity index (χ2v) is 12.3. The molecule has 1 fully saturated rings. The van der Waals surface area contributed by atoms with Crippen molar-refractivity contribution in [3.8, 4) is 11.4 Å². The molecule has 1 saturated heterocycles. The first kappa shape index (κ1) is 28.5. The number of morpholine rings is 1. The van der Waals surface area contributed by atoms with Crippen LogP contribution in [0.1, 0.15) is 20.8 Å². The van der Waals surface area contributed by atoms with E-state index in [1.54, 1.807) is 12.3 Å². The number of anilines is 2. The van der Waals surface area contributed by atoms with E-state index in [2.05, 4.69) is 9.88 Å². The fourth-order valence-electron chi connectivity index (χ4n) is 4.52. The number of benzene rings is 3. The van der Waals surface area contributed by atoms with Crippen molar-refractivity contribution in [1.82, 2.24) is 9.97 Å². The molecule has 0 N–H and O–H groups in total. The minimum Gasteiger partial charge on any atom is -0.459 e. The van der Waals surface area contributed by atoms with Crippen LogP contribution in [0.3, 0.4) is 0 Å². The van der Waals surface area contributed by atoms with E-state index in [9.17, 15) is 4.79 Å². The molecule has 0 atom stereocenters. The molecule has 0 amide bonds. The van der Waals surface area contributed by atoms with Gasteiger partial charge in [-0.15, -0.1) is 0 Å². The summed E-state index contributed by atoms with van der Waals surface area (Å²) in [5.74, 6) is 1.17. The van der Waals surface area contributed by atoms with Crippen molar-refractivity contribution in [3.63, 3.8) is 0 Å². The van der Waals surface area contributed by atoms with Crippen LogP contribution >= 0.6 is 35.1 Å². The smallest absolute Gasteiger partial charge is 0.327 e. The van der Waals surface area contributed by atoms with Crippen molar-refractivity contribution in [1.29, 1.82) is 0 Å². The Morgan fingerprint density at radius 2 is 1.73 bits per heavy atom. The van der Waals surface area contributed by atoms with Gasteiger partial charge in [-0.05, 0) is 68.4 Å². The van der Waals surface area contributed by atoms with Crippen molar-refractivity contribution in [2.24, 2.45) is 0 Å². The van der Waals surface area contributed by atoms with Crippen LogP contribution in [-0.2, 0) is 14.3 Å². The molecule has 3 aromatic carbocycles. The second kappa shape index (κ2) is 12.2. The number of halogens is 2. The molecule has 7 nitrogen and oxygen atoms in total. The van der Waals surface area contributed by atoms with E-state index < -0.39 is 5.60 Å². The normalized spacial score (nSPS) is 13.9. The number of carbonyl (C=O) groups is 1. The fourth-order valence-corrected chi connectivity index (χ4v) is 6.22. The summed E-state index contributed by atoms with van der Waals surface area (Å²) in [6.45, 7) is 8.52. The minimum absolute atomic E-state index is 0.0123. The molecule has 0 unspecified atom stereocenters. The highest BCUT2D eigenvalue weighted by Crippen LogP contribution is 2.39. The van der Waals surface area contributed by atoms with Gasteiger partial charge in [-0.2, -0.15) is 0 Å². The molecule has 1 aliphatic heterocycles. The maximum absolute atomic E-state index is 13.0.